The van der Waals surface area contributed by atoms with E-state index in [4.69, 9.17) is 23.2 Å². The molecule has 0 unspecified atom stereocenters. The predicted molar refractivity (Wildman–Crippen MR) is 64.8 cm³/mol. The molecule has 0 amide bonds. The third kappa shape index (κ3) is 1.46. The highest BCUT2D eigenvalue weighted by Crippen LogP contribution is 2.37. The summed E-state index contributed by atoms with van der Waals surface area (Å²) >= 11 is 13.5. The first-order valence-corrected chi connectivity index (χ1v) is 6.14. The van der Waals surface area contributed by atoms with Crippen LogP contribution in [0.3, 0.4) is 0 Å². The van der Waals surface area contributed by atoms with Crippen LogP contribution in [0.4, 0.5) is 0 Å². The molecule has 0 fully saturated rings. The van der Waals surface area contributed by atoms with E-state index in [0.29, 0.717) is 5.15 Å². The summed E-state index contributed by atoms with van der Waals surface area (Å²) in [7, 11) is 0. The Bertz CT molecular complexity index is 574. The van der Waals surface area contributed by atoms with Gasteiger partial charge in [0, 0.05) is 10.4 Å². The largest absolute Gasteiger partial charge is 0.224 e. The molecule has 5 heteroatoms. The van der Waals surface area contributed by atoms with Crippen LogP contribution in [0.2, 0.25) is 10.4 Å². The summed E-state index contributed by atoms with van der Waals surface area (Å²) in [5, 5.41) is 0.671. The molecule has 0 spiro atoms. The first-order valence-electron chi connectivity index (χ1n) is 4.56. The molecule has 2 nitrogen and oxygen atoms in total. The van der Waals surface area contributed by atoms with Gasteiger partial charge >= 0.3 is 0 Å². The van der Waals surface area contributed by atoms with Crippen molar-refractivity contribution >= 4 is 50.8 Å². The van der Waals surface area contributed by atoms with Crippen LogP contribution < -0.4 is 0 Å². The van der Waals surface area contributed by atoms with E-state index in [0.717, 1.165) is 28.6 Å². The monoisotopic (exact) mass is 256 g/mol. The fraction of sp³-hybridized carbons (Fsp3) is 0.200. The van der Waals surface area contributed by atoms with E-state index in [2.05, 4.69) is 22.1 Å². The third-order valence-electron chi connectivity index (χ3n) is 2.40. The van der Waals surface area contributed by atoms with Gasteiger partial charge in [0.25, 0.3) is 0 Å². The molecule has 2 heterocycles. The van der Waals surface area contributed by atoms with Gasteiger partial charge in [-0.25, -0.2) is 9.97 Å². The Balaban J connectivity index is 2.43. The van der Waals surface area contributed by atoms with E-state index in [1.54, 1.807) is 11.3 Å². The normalized spacial score (nSPS) is 14.5. The van der Waals surface area contributed by atoms with Crippen molar-refractivity contribution in [1.29, 1.82) is 0 Å². The van der Waals surface area contributed by atoms with Crippen LogP contribution in [-0.2, 0) is 6.42 Å². The van der Waals surface area contributed by atoms with Gasteiger partial charge in [-0.15, -0.1) is 11.3 Å². The highest BCUT2D eigenvalue weighted by Gasteiger charge is 2.16. The summed E-state index contributed by atoms with van der Waals surface area (Å²) in [5.74, 6) is 0. The van der Waals surface area contributed by atoms with Crippen LogP contribution in [-0.4, -0.2) is 9.97 Å². The van der Waals surface area contributed by atoms with Gasteiger partial charge in [-0.2, -0.15) is 0 Å². The second kappa shape index (κ2) is 3.44. The Morgan fingerprint density at radius 2 is 2.13 bits per heavy atom. The number of hydrogen-bond donors (Lipinski definition) is 0. The van der Waals surface area contributed by atoms with Crippen molar-refractivity contribution in [2.75, 3.05) is 0 Å². The average Bonchev–Trinajstić information content (AvgIpc) is 2.57. The fourth-order valence-electron chi connectivity index (χ4n) is 1.75. The molecule has 0 saturated heterocycles. The molecule has 0 N–H and O–H groups in total. The van der Waals surface area contributed by atoms with E-state index in [-0.39, 0.29) is 5.28 Å². The number of aryl methyl sites for hydroxylation is 1. The summed E-state index contributed by atoms with van der Waals surface area (Å²) in [4.78, 5) is 9.52. The molecule has 15 heavy (non-hydrogen) atoms. The minimum Gasteiger partial charge on any atom is -0.216 e. The Morgan fingerprint density at radius 3 is 3.00 bits per heavy atom. The molecule has 1 aliphatic rings. The lowest BCUT2D eigenvalue weighted by Gasteiger charge is -2.02. The molecule has 2 aromatic heterocycles. The molecule has 1 aliphatic carbocycles. The quantitative estimate of drug-likeness (QED) is 0.527. The van der Waals surface area contributed by atoms with Crippen molar-refractivity contribution in [3.63, 3.8) is 0 Å². The number of aromatic nitrogens is 2. The second-order valence-corrected chi connectivity index (χ2v) is 5.14. The van der Waals surface area contributed by atoms with Gasteiger partial charge < -0.3 is 0 Å². The van der Waals surface area contributed by atoms with Gasteiger partial charge in [0.05, 0.1) is 10.2 Å². The zero-order valence-electron chi connectivity index (χ0n) is 7.63. The van der Waals surface area contributed by atoms with Crippen molar-refractivity contribution in [3.8, 4) is 0 Å². The minimum absolute atomic E-state index is 0.215. The van der Waals surface area contributed by atoms with Crippen molar-refractivity contribution < 1.29 is 0 Å². The molecule has 0 saturated carbocycles. The maximum atomic E-state index is 6.03. The van der Waals surface area contributed by atoms with Crippen molar-refractivity contribution in [2.24, 2.45) is 0 Å². The number of allylic oxidation sites excluding steroid dienone is 1. The molecule has 0 aliphatic heterocycles. The van der Waals surface area contributed by atoms with Crippen LogP contribution in [0.15, 0.2) is 6.08 Å². The van der Waals surface area contributed by atoms with Gasteiger partial charge in [-0.05, 0) is 24.4 Å². The molecule has 0 bridgehead atoms. The van der Waals surface area contributed by atoms with Crippen LogP contribution in [0.25, 0.3) is 16.3 Å². The standard InChI is InChI=1S/C10H6Cl2N2S/c11-9-8-7(13-10(12)14-9)5-3-1-2-4-6(5)15-8/h1,3H,2,4H2. The van der Waals surface area contributed by atoms with E-state index >= 15 is 0 Å². The number of fused-ring (bicyclic) bond motifs is 3. The molecule has 3 rings (SSSR count). The van der Waals surface area contributed by atoms with Gasteiger partial charge in [0.1, 0.15) is 0 Å². The maximum Gasteiger partial charge on any atom is 0.224 e. The molecule has 0 radical (unpaired) electrons. The number of rotatable bonds is 0. The topological polar surface area (TPSA) is 25.8 Å². The molecular formula is C10H6Cl2N2S. The zero-order chi connectivity index (χ0) is 10.4. The van der Waals surface area contributed by atoms with Crippen LogP contribution in [0.1, 0.15) is 16.9 Å². The smallest absolute Gasteiger partial charge is 0.216 e. The number of thiophene rings is 1. The Kier molecular flexibility index (Phi) is 2.20. The van der Waals surface area contributed by atoms with E-state index in [1.807, 2.05) is 0 Å². The molecule has 0 aromatic carbocycles. The first-order chi connectivity index (χ1) is 7.25. The Morgan fingerprint density at radius 1 is 1.27 bits per heavy atom. The predicted octanol–water partition coefficient (Wildman–Crippen LogP) is 3.96. The summed E-state index contributed by atoms with van der Waals surface area (Å²) in [6, 6.07) is 0. The van der Waals surface area contributed by atoms with Gasteiger partial charge in [0.2, 0.25) is 5.28 Å². The second-order valence-electron chi connectivity index (χ2n) is 3.34. The third-order valence-corrected chi connectivity index (χ3v) is 4.22. The molecule has 0 atom stereocenters. The van der Waals surface area contributed by atoms with Crippen molar-refractivity contribution in [1.82, 2.24) is 9.97 Å². The SMILES string of the molecule is Clc1nc(Cl)c2sc3c(c2n1)C=CCC3. The summed E-state index contributed by atoms with van der Waals surface area (Å²) in [6.45, 7) is 0. The first kappa shape index (κ1) is 9.58. The van der Waals surface area contributed by atoms with Gasteiger partial charge in [-0.3, -0.25) is 0 Å². The van der Waals surface area contributed by atoms with Gasteiger partial charge in [-0.1, -0.05) is 23.8 Å². The van der Waals surface area contributed by atoms with Crippen LogP contribution >= 0.6 is 34.5 Å². The molecular weight excluding hydrogens is 251 g/mol. The van der Waals surface area contributed by atoms with Crippen molar-refractivity contribution in [2.45, 2.75) is 12.8 Å². The average molecular weight is 257 g/mol. The maximum absolute atomic E-state index is 6.03. The number of hydrogen-bond acceptors (Lipinski definition) is 3. The number of nitrogens with zero attached hydrogens (tertiary/aromatic N) is 2. The Hall–Kier alpha value is -0.640. The molecule has 76 valence electrons. The summed E-state index contributed by atoms with van der Waals surface area (Å²) < 4.78 is 0.942. The lowest BCUT2D eigenvalue weighted by Crippen LogP contribution is -1.89. The lowest BCUT2D eigenvalue weighted by atomic mass is 10.1. The van der Waals surface area contributed by atoms with E-state index in [1.165, 1.54) is 4.88 Å². The molecule has 2 aromatic rings. The zero-order valence-corrected chi connectivity index (χ0v) is 9.96. The number of halogens is 2. The van der Waals surface area contributed by atoms with Gasteiger partial charge in [0.15, 0.2) is 5.15 Å². The highest BCUT2D eigenvalue weighted by molar-refractivity contribution is 7.20. The van der Waals surface area contributed by atoms with Crippen molar-refractivity contribution in [3.05, 3.63) is 27.0 Å². The van der Waals surface area contributed by atoms with Crippen LogP contribution in [0.5, 0.6) is 0 Å². The Labute approximate surface area is 101 Å². The fourth-order valence-corrected chi connectivity index (χ4v) is 3.37. The van der Waals surface area contributed by atoms with Crippen LogP contribution in [0, 0.1) is 0 Å². The van der Waals surface area contributed by atoms with E-state index in [9.17, 15) is 0 Å². The highest BCUT2D eigenvalue weighted by atomic mass is 35.5. The summed E-state index contributed by atoms with van der Waals surface area (Å²) in [5.41, 5.74) is 2.04. The minimum atomic E-state index is 0.215. The van der Waals surface area contributed by atoms with E-state index < -0.39 is 0 Å². The lowest BCUT2D eigenvalue weighted by molar-refractivity contribution is 1.01. The summed E-state index contributed by atoms with van der Waals surface area (Å²) in [6.07, 6.45) is 6.38.